The Labute approximate surface area is 171 Å². The Morgan fingerprint density at radius 3 is 2.90 bits per heavy atom. The maximum Gasteiger partial charge on any atom is 0.191 e. The van der Waals surface area contributed by atoms with Gasteiger partial charge in [-0.3, -0.25) is 4.99 Å². The summed E-state index contributed by atoms with van der Waals surface area (Å²) < 4.78 is 30.3. The molecule has 0 saturated heterocycles. The molecule has 7 heteroatoms. The van der Waals surface area contributed by atoms with E-state index >= 15 is 0 Å². The summed E-state index contributed by atoms with van der Waals surface area (Å²) in [4.78, 5) is 4.57. The molecule has 0 aliphatic carbocycles. The van der Waals surface area contributed by atoms with Crippen LogP contribution in [0.5, 0.6) is 11.5 Å². The van der Waals surface area contributed by atoms with Gasteiger partial charge in [0.1, 0.15) is 17.3 Å². The predicted molar refractivity (Wildman–Crippen MR) is 111 cm³/mol. The number of halogens is 1. The highest BCUT2D eigenvalue weighted by molar-refractivity contribution is 5.79. The number of rotatable bonds is 9. The zero-order valence-electron chi connectivity index (χ0n) is 16.7. The summed E-state index contributed by atoms with van der Waals surface area (Å²) in [6, 6.07) is 12.7. The molecule has 6 nitrogen and oxygen atoms in total. The second kappa shape index (κ2) is 11.3. The average molecular weight is 401 g/mol. The van der Waals surface area contributed by atoms with Crippen LogP contribution in [0.1, 0.15) is 24.5 Å². The molecule has 156 valence electrons. The Hall–Kier alpha value is -2.80. The lowest BCUT2D eigenvalue weighted by Crippen LogP contribution is -2.38. The minimum Gasteiger partial charge on any atom is -0.494 e. The topological polar surface area (TPSA) is 64.1 Å². The molecule has 0 radical (unpaired) electrons. The van der Waals surface area contributed by atoms with Crippen molar-refractivity contribution in [2.75, 3.05) is 33.0 Å². The first kappa shape index (κ1) is 20.9. The standard InChI is InChI=1S/C22H28FN3O3/c1-2-24-22(25-10-6-12-28-20-7-4-3-5-8-20)26-11-9-17-13-19(23)14-18-15-27-16-29-21(17)18/h3-5,7-8,13-14H,2,6,9-12,15-16H2,1H3,(H2,24,25,26). The number of aliphatic imine (C=N–C) groups is 1. The number of guanidine groups is 1. The zero-order valence-corrected chi connectivity index (χ0v) is 16.7. The summed E-state index contributed by atoms with van der Waals surface area (Å²) in [5.74, 6) is 2.07. The molecule has 2 aromatic rings. The van der Waals surface area contributed by atoms with Crippen molar-refractivity contribution in [2.45, 2.75) is 26.4 Å². The fourth-order valence-corrected chi connectivity index (χ4v) is 3.06. The van der Waals surface area contributed by atoms with E-state index in [1.807, 2.05) is 37.3 Å². The van der Waals surface area contributed by atoms with Gasteiger partial charge in [-0.05, 0) is 43.2 Å². The second-order valence-electron chi connectivity index (χ2n) is 6.62. The van der Waals surface area contributed by atoms with Crippen LogP contribution in [0.3, 0.4) is 0 Å². The maximum absolute atomic E-state index is 13.8. The van der Waals surface area contributed by atoms with Crippen LogP contribution in [0.4, 0.5) is 4.39 Å². The molecule has 0 spiro atoms. The highest BCUT2D eigenvalue weighted by Crippen LogP contribution is 2.29. The lowest BCUT2D eigenvalue weighted by Gasteiger charge is -2.21. The Kier molecular flexibility index (Phi) is 8.12. The highest BCUT2D eigenvalue weighted by Gasteiger charge is 2.16. The quantitative estimate of drug-likeness (QED) is 0.384. The predicted octanol–water partition coefficient (Wildman–Crippen LogP) is 3.26. The lowest BCUT2D eigenvalue weighted by atomic mass is 10.1. The van der Waals surface area contributed by atoms with Gasteiger partial charge in [0, 0.05) is 31.6 Å². The highest BCUT2D eigenvalue weighted by atomic mass is 19.1. The van der Waals surface area contributed by atoms with Crippen molar-refractivity contribution in [2.24, 2.45) is 4.99 Å². The van der Waals surface area contributed by atoms with Crippen LogP contribution in [0.2, 0.25) is 0 Å². The summed E-state index contributed by atoms with van der Waals surface area (Å²) in [6.45, 7) is 5.25. The first-order chi connectivity index (χ1) is 14.3. The largest absolute Gasteiger partial charge is 0.494 e. The van der Waals surface area contributed by atoms with Crippen LogP contribution < -0.4 is 20.1 Å². The van der Waals surface area contributed by atoms with E-state index in [1.54, 1.807) is 0 Å². The first-order valence-corrected chi connectivity index (χ1v) is 9.98. The Balaban J connectivity index is 1.45. The number of fused-ring (bicyclic) bond motifs is 1. The van der Waals surface area contributed by atoms with E-state index in [4.69, 9.17) is 14.2 Å². The van der Waals surface area contributed by atoms with E-state index < -0.39 is 0 Å². The summed E-state index contributed by atoms with van der Waals surface area (Å²) in [5, 5.41) is 6.52. The van der Waals surface area contributed by atoms with Crippen molar-refractivity contribution in [3.05, 3.63) is 59.4 Å². The second-order valence-corrected chi connectivity index (χ2v) is 6.62. The van der Waals surface area contributed by atoms with Crippen LogP contribution in [0, 0.1) is 5.82 Å². The van der Waals surface area contributed by atoms with Crippen LogP contribution in [-0.2, 0) is 17.8 Å². The van der Waals surface area contributed by atoms with Gasteiger partial charge in [0.05, 0.1) is 13.2 Å². The number of nitrogens with zero attached hydrogens (tertiary/aromatic N) is 1. The van der Waals surface area contributed by atoms with Gasteiger partial charge in [-0.1, -0.05) is 18.2 Å². The van der Waals surface area contributed by atoms with Gasteiger partial charge in [0.15, 0.2) is 12.8 Å². The van der Waals surface area contributed by atoms with Crippen molar-refractivity contribution in [3.8, 4) is 11.5 Å². The fraction of sp³-hybridized carbons (Fsp3) is 0.409. The molecule has 1 aliphatic rings. The Morgan fingerprint density at radius 1 is 1.21 bits per heavy atom. The first-order valence-electron chi connectivity index (χ1n) is 9.98. The molecular formula is C22H28FN3O3. The molecule has 2 N–H and O–H groups in total. The molecule has 29 heavy (non-hydrogen) atoms. The molecule has 0 unspecified atom stereocenters. The molecule has 1 aliphatic heterocycles. The molecule has 0 fully saturated rings. The fourth-order valence-electron chi connectivity index (χ4n) is 3.06. The van der Waals surface area contributed by atoms with Crippen molar-refractivity contribution < 1.29 is 18.6 Å². The summed E-state index contributed by atoms with van der Waals surface area (Å²) in [7, 11) is 0. The molecule has 0 amide bonds. The van der Waals surface area contributed by atoms with E-state index in [0.717, 1.165) is 41.6 Å². The minimum absolute atomic E-state index is 0.203. The normalized spacial score (nSPS) is 13.4. The van der Waals surface area contributed by atoms with Gasteiger partial charge in [-0.2, -0.15) is 0 Å². The zero-order chi connectivity index (χ0) is 20.3. The number of ether oxygens (including phenoxy) is 3. The summed E-state index contributed by atoms with van der Waals surface area (Å²) in [6.07, 6.45) is 1.44. The Morgan fingerprint density at radius 2 is 2.07 bits per heavy atom. The van der Waals surface area contributed by atoms with Crippen molar-refractivity contribution in [1.29, 1.82) is 0 Å². The van der Waals surface area contributed by atoms with E-state index in [9.17, 15) is 4.39 Å². The van der Waals surface area contributed by atoms with E-state index in [1.165, 1.54) is 12.1 Å². The van der Waals surface area contributed by atoms with E-state index in [2.05, 4.69) is 15.6 Å². The molecular weight excluding hydrogens is 373 g/mol. The van der Waals surface area contributed by atoms with Crippen LogP contribution in [-0.4, -0.2) is 39.0 Å². The van der Waals surface area contributed by atoms with Gasteiger partial charge < -0.3 is 24.8 Å². The van der Waals surface area contributed by atoms with Gasteiger partial charge >= 0.3 is 0 Å². The molecule has 2 aromatic carbocycles. The smallest absolute Gasteiger partial charge is 0.191 e. The molecule has 1 heterocycles. The van der Waals surface area contributed by atoms with Crippen molar-refractivity contribution in [1.82, 2.24) is 10.6 Å². The van der Waals surface area contributed by atoms with Gasteiger partial charge in [0.2, 0.25) is 0 Å². The van der Waals surface area contributed by atoms with Crippen molar-refractivity contribution in [3.63, 3.8) is 0 Å². The number of hydrogen-bond donors (Lipinski definition) is 2. The molecule has 3 rings (SSSR count). The molecule has 0 saturated carbocycles. The van der Waals surface area contributed by atoms with Crippen LogP contribution in [0.25, 0.3) is 0 Å². The Bertz CT molecular complexity index is 799. The third-order valence-corrected chi connectivity index (χ3v) is 4.37. The number of para-hydroxylation sites is 1. The summed E-state index contributed by atoms with van der Waals surface area (Å²) >= 11 is 0. The third-order valence-electron chi connectivity index (χ3n) is 4.37. The number of hydrogen-bond acceptors (Lipinski definition) is 4. The number of nitrogens with one attached hydrogen (secondary N) is 2. The van der Waals surface area contributed by atoms with Gasteiger partial charge in [-0.15, -0.1) is 0 Å². The maximum atomic E-state index is 13.8. The van der Waals surface area contributed by atoms with E-state index in [0.29, 0.717) is 32.7 Å². The molecule has 0 bridgehead atoms. The molecule has 0 atom stereocenters. The van der Waals surface area contributed by atoms with Gasteiger partial charge in [-0.25, -0.2) is 4.39 Å². The van der Waals surface area contributed by atoms with Gasteiger partial charge in [0.25, 0.3) is 0 Å². The summed E-state index contributed by atoms with van der Waals surface area (Å²) in [5.41, 5.74) is 1.59. The van der Waals surface area contributed by atoms with E-state index in [-0.39, 0.29) is 12.6 Å². The van der Waals surface area contributed by atoms with Crippen LogP contribution in [0.15, 0.2) is 47.5 Å². The number of benzene rings is 2. The lowest BCUT2D eigenvalue weighted by molar-refractivity contribution is -0.0172. The monoisotopic (exact) mass is 401 g/mol. The minimum atomic E-state index is -0.271. The van der Waals surface area contributed by atoms with Crippen LogP contribution >= 0.6 is 0 Å². The SMILES string of the molecule is CCNC(=NCCCOc1ccccc1)NCCc1cc(F)cc2c1OCOC2. The molecule has 0 aromatic heterocycles. The average Bonchev–Trinajstić information content (AvgIpc) is 2.74. The third kappa shape index (κ3) is 6.64. The van der Waals surface area contributed by atoms with Crippen molar-refractivity contribution >= 4 is 5.96 Å².